The summed E-state index contributed by atoms with van der Waals surface area (Å²) in [6.45, 7) is 4.04. The lowest BCUT2D eigenvalue weighted by molar-refractivity contribution is -0.121. The summed E-state index contributed by atoms with van der Waals surface area (Å²) in [4.78, 5) is 14.0. The van der Waals surface area contributed by atoms with Crippen molar-refractivity contribution in [3.05, 3.63) is 0 Å². The van der Waals surface area contributed by atoms with E-state index in [-0.39, 0.29) is 0 Å². The van der Waals surface area contributed by atoms with Crippen molar-refractivity contribution in [2.75, 3.05) is 13.1 Å². The quantitative estimate of drug-likeness (QED) is 0.623. The Labute approximate surface area is 80.3 Å². The topological polar surface area (TPSA) is 20.3 Å². The molecule has 2 fully saturated rings. The Morgan fingerprint density at radius 3 is 2.46 bits per heavy atom. The molecule has 2 saturated carbocycles. The lowest BCUT2D eigenvalue weighted by Crippen LogP contribution is -2.33. The second-order valence-electron chi connectivity index (χ2n) is 4.44. The summed E-state index contributed by atoms with van der Waals surface area (Å²) in [5, 5.41) is 0. The van der Waals surface area contributed by atoms with Gasteiger partial charge < -0.3 is 0 Å². The van der Waals surface area contributed by atoms with Crippen molar-refractivity contribution in [3.8, 4) is 0 Å². The molecule has 0 aromatic heterocycles. The molecular weight excluding hydrogens is 162 g/mol. The molecule has 2 aliphatic carbocycles. The molecule has 74 valence electrons. The van der Waals surface area contributed by atoms with Crippen molar-refractivity contribution in [2.45, 2.75) is 45.1 Å². The van der Waals surface area contributed by atoms with Crippen LogP contribution in [0.4, 0.5) is 0 Å². The summed E-state index contributed by atoms with van der Waals surface area (Å²) in [6, 6.07) is 0.752. The third kappa shape index (κ3) is 2.53. The minimum atomic E-state index is 0.443. The van der Waals surface area contributed by atoms with Crippen molar-refractivity contribution in [1.82, 2.24) is 4.90 Å². The van der Waals surface area contributed by atoms with Gasteiger partial charge in [0.05, 0.1) is 6.54 Å². The Morgan fingerprint density at radius 1 is 1.31 bits per heavy atom. The van der Waals surface area contributed by atoms with Crippen molar-refractivity contribution >= 4 is 5.78 Å². The first-order valence-corrected chi connectivity index (χ1v) is 5.58. The molecule has 0 amide bonds. The van der Waals surface area contributed by atoms with Gasteiger partial charge in [0, 0.05) is 12.0 Å². The standard InChI is InChI=1S/C11H19NO/c1-2-7-12(10-5-6-10)8-11(13)9-3-4-9/h9-10H,2-8H2,1H3. The molecule has 2 aliphatic rings. The third-order valence-electron chi connectivity index (χ3n) is 2.97. The van der Waals surface area contributed by atoms with Crippen LogP contribution in [0.1, 0.15) is 39.0 Å². The van der Waals surface area contributed by atoms with Gasteiger partial charge in [0.1, 0.15) is 5.78 Å². The molecule has 0 N–H and O–H groups in total. The van der Waals surface area contributed by atoms with Crippen LogP contribution in [0.25, 0.3) is 0 Å². The highest BCUT2D eigenvalue weighted by atomic mass is 16.1. The fourth-order valence-corrected chi connectivity index (χ4v) is 1.85. The first kappa shape index (κ1) is 9.20. The number of carbonyl (C=O) groups is 1. The Morgan fingerprint density at radius 2 is 2.00 bits per heavy atom. The smallest absolute Gasteiger partial charge is 0.149 e. The lowest BCUT2D eigenvalue weighted by atomic mass is 10.2. The summed E-state index contributed by atoms with van der Waals surface area (Å²) in [7, 11) is 0. The maximum Gasteiger partial charge on any atom is 0.149 e. The fraction of sp³-hybridized carbons (Fsp3) is 0.909. The van der Waals surface area contributed by atoms with E-state index in [4.69, 9.17) is 0 Å². The van der Waals surface area contributed by atoms with E-state index in [0.29, 0.717) is 11.7 Å². The van der Waals surface area contributed by atoms with E-state index in [1.807, 2.05) is 0 Å². The van der Waals surface area contributed by atoms with Crippen LogP contribution in [-0.4, -0.2) is 29.8 Å². The van der Waals surface area contributed by atoms with E-state index in [2.05, 4.69) is 11.8 Å². The maximum atomic E-state index is 11.6. The van der Waals surface area contributed by atoms with Gasteiger partial charge in [-0.3, -0.25) is 9.69 Å². The molecule has 0 unspecified atom stereocenters. The summed E-state index contributed by atoms with van der Waals surface area (Å²) in [5.74, 6) is 0.943. The van der Waals surface area contributed by atoms with Crippen LogP contribution in [-0.2, 0) is 4.79 Å². The minimum Gasteiger partial charge on any atom is -0.298 e. The maximum absolute atomic E-state index is 11.6. The number of hydrogen-bond acceptors (Lipinski definition) is 2. The van der Waals surface area contributed by atoms with E-state index >= 15 is 0 Å². The van der Waals surface area contributed by atoms with Crippen LogP contribution < -0.4 is 0 Å². The minimum absolute atomic E-state index is 0.443. The SMILES string of the molecule is CCCN(CC(=O)C1CC1)C1CC1. The van der Waals surface area contributed by atoms with Gasteiger partial charge in [0.15, 0.2) is 0 Å². The molecule has 0 heterocycles. The molecule has 0 atom stereocenters. The van der Waals surface area contributed by atoms with E-state index in [9.17, 15) is 4.79 Å². The zero-order valence-corrected chi connectivity index (χ0v) is 8.46. The van der Waals surface area contributed by atoms with E-state index < -0.39 is 0 Å². The number of carbonyl (C=O) groups excluding carboxylic acids is 1. The number of rotatable bonds is 6. The normalized spacial score (nSPS) is 22.3. The van der Waals surface area contributed by atoms with Crippen LogP contribution in [0.2, 0.25) is 0 Å². The molecule has 13 heavy (non-hydrogen) atoms. The molecule has 0 aromatic carbocycles. The van der Waals surface area contributed by atoms with Crippen LogP contribution in [0.5, 0.6) is 0 Å². The van der Waals surface area contributed by atoms with Gasteiger partial charge in [-0.25, -0.2) is 0 Å². The van der Waals surface area contributed by atoms with Gasteiger partial charge in [-0.15, -0.1) is 0 Å². The molecule has 2 rings (SSSR count). The second-order valence-corrected chi connectivity index (χ2v) is 4.44. The van der Waals surface area contributed by atoms with Crippen molar-refractivity contribution in [1.29, 1.82) is 0 Å². The summed E-state index contributed by atoms with van der Waals surface area (Å²) in [5.41, 5.74) is 0. The van der Waals surface area contributed by atoms with Gasteiger partial charge in [-0.05, 0) is 38.6 Å². The molecule has 0 spiro atoms. The highest BCUT2D eigenvalue weighted by molar-refractivity contribution is 5.85. The Hall–Kier alpha value is -0.370. The third-order valence-corrected chi connectivity index (χ3v) is 2.97. The lowest BCUT2D eigenvalue weighted by Gasteiger charge is -2.19. The van der Waals surface area contributed by atoms with Crippen molar-refractivity contribution in [2.24, 2.45) is 5.92 Å². The summed E-state index contributed by atoms with van der Waals surface area (Å²) in [6.07, 6.45) is 6.12. The highest BCUT2D eigenvalue weighted by Crippen LogP contribution is 2.32. The van der Waals surface area contributed by atoms with Gasteiger partial charge in [-0.1, -0.05) is 6.92 Å². The van der Waals surface area contributed by atoms with E-state index in [1.165, 1.54) is 19.3 Å². The summed E-state index contributed by atoms with van der Waals surface area (Å²) < 4.78 is 0. The number of Topliss-reactive ketones (excluding diaryl/α,β-unsaturated/α-hetero) is 1. The zero-order valence-electron chi connectivity index (χ0n) is 8.46. The second kappa shape index (κ2) is 3.79. The predicted molar refractivity (Wildman–Crippen MR) is 52.6 cm³/mol. The van der Waals surface area contributed by atoms with Gasteiger partial charge >= 0.3 is 0 Å². The van der Waals surface area contributed by atoms with Crippen molar-refractivity contribution < 1.29 is 4.79 Å². The van der Waals surface area contributed by atoms with Gasteiger partial charge in [-0.2, -0.15) is 0 Å². The van der Waals surface area contributed by atoms with Crippen LogP contribution in [0.3, 0.4) is 0 Å². The average molecular weight is 181 g/mol. The molecule has 0 bridgehead atoms. The monoisotopic (exact) mass is 181 g/mol. The first-order valence-electron chi connectivity index (χ1n) is 5.58. The molecule has 2 heteroatoms. The number of ketones is 1. The Bertz CT molecular complexity index is 194. The van der Waals surface area contributed by atoms with Crippen LogP contribution >= 0.6 is 0 Å². The molecule has 0 aromatic rings. The number of hydrogen-bond donors (Lipinski definition) is 0. The average Bonchev–Trinajstić information content (AvgIpc) is 2.96. The van der Waals surface area contributed by atoms with Crippen LogP contribution in [0.15, 0.2) is 0 Å². The largest absolute Gasteiger partial charge is 0.298 e. The zero-order chi connectivity index (χ0) is 9.26. The molecule has 0 aliphatic heterocycles. The Balaban J connectivity index is 1.77. The fourth-order valence-electron chi connectivity index (χ4n) is 1.85. The molecule has 0 saturated heterocycles. The highest BCUT2D eigenvalue weighted by Gasteiger charge is 2.34. The molecule has 2 nitrogen and oxygen atoms in total. The number of nitrogens with zero attached hydrogens (tertiary/aromatic N) is 1. The van der Waals surface area contributed by atoms with Gasteiger partial charge in [0.2, 0.25) is 0 Å². The van der Waals surface area contributed by atoms with Gasteiger partial charge in [0.25, 0.3) is 0 Å². The molecule has 0 radical (unpaired) electrons. The van der Waals surface area contributed by atoms with E-state index in [0.717, 1.165) is 32.0 Å². The predicted octanol–water partition coefficient (Wildman–Crippen LogP) is 1.84. The Kier molecular flexibility index (Phi) is 2.68. The first-order chi connectivity index (χ1) is 6.31. The van der Waals surface area contributed by atoms with Crippen LogP contribution in [0, 0.1) is 5.92 Å². The van der Waals surface area contributed by atoms with Crippen molar-refractivity contribution in [3.63, 3.8) is 0 Å². The molecular formula is C11H19NO. The summed E-state index contributed by atoms with van der Waals surface area (Å²) >= 11 is 0. The van der Waals surface area contributed by atoms with E-state index in [1.54, 1.807) is 0 Å².